The van der Waals surface area contributed by atoms with E-state index in [0.29, 0.717) is 23.9 Å². The molecule has 1 unspecified atom stereocenters. The van der Waals surface area contributed by atoms with Crippen LogP contribution in [-0.2, 0) is 11.3 Å². The van der Waals surface area contributed by atoms with Crippen molar-refractivity contribution in [3.63, 3.8) is 0 Å². The Balaban J connectivity index is 2.25. The number of hydrogen-bond acceptors (Lipinski definition) is 3. The molecule has 1 fully saturated rings. The highest BCUT2D eigenvalue weighted by Gasteiger charge is 2.27. The predicted molar refractivity (Wildman–Crippen MR) is 78.1 cm³/mol. The zero-order valence-corrected chi connectivity index (χ0v) is 12.0. The lowest BCUT2D eigenvalue weighted by molar-refractivity contribution is -0.128. The molecular weight excluding hydrogens is 260 g/mol. The highest BCUT2D eigenvalue weighted by Crippen LogP contribution is 2.25. The molecule has 1 aromatic rings. The highest BCUT2D eigenvalue weighted by molar-refractivity contribution is 7.80. The van der Waals surface area contributed by atoms with Gasteiger partial charge in [0, 0.05) is 30.6 Å². The van der Waals surface area contributed by atoms with Crippen LogP contribution in [0.1, 0.15) is 24.5 Å². The molecule has 102 valence electrons. The van der Waals surface area contributed by atoms with E-state index in [-0.39, 0.29) is 5.91 Å². The molecule has 2 rings (SSSR count). The van der Waals surface area contributed by atoms with Crippen molar-refractivity contribution in [1.29, 1.82) is 0 Å². The van der Waals surface area contributed by atoms with Crippen molar-refractivity contribution in [2.24, 2.45) is 11.7 Å². The summed E-state index contributed by atoms with van der Waals surface area (Å²) in [6, 6.07) is 5.57. The third-order valence-corrected chi connectivity index (χ3v) is 3.57. The van der Waals surface area contributed by atoms with Crippen molar-refractivity contribution in [3.05, 3.63) is 29.3 Å². The van der Waals surface area contributed by atoms with E-state index in [4.69, 9.17) is 22.7 Å². The van der Waals surface area contributed by atoms with Gasteiger partial charge in [-0.1, -0.05) is 19.1 Å². The molecule has 4 nitrogen and oxygen atoms in total. The standard InChI is InChI=1S/C14H18N2O2S/c1-9-5-13(17)16(7-9)8-11-6-10(14(15)19)3-4-12(11)18-2/h3-4,6,9H,5,7-8H2,1-2H3,(H2,15,19). The molecule has 0 saturated carbocycles. The molecule has 0 radical (unpaired) electrons. The van der Waals surface area contributed by atoms with Crippen molar-refractivity contribution in [1.82, 2.24) is 4.90 Å². The number of benzene rings is 1. The van der Waals surface area contributed by atoms with Crippen molar-refractivity contribution in [2.45, 2.75) is 19.9 Å². The minimum Gasteiger partial charge on any atom is -0.496 e. The van der Waals surface area contributed by atoms with Gasteiger partial charge in [0.2, 0.25) is 5.91 Å². The van der Waals surface area contributed by atoms with Gasteiger partial charge in [-0.25, -0.2) is 0 Å². The van der Waals surface area contributed by atoms with Gasteiger partial charge < -0.3 is 15.4 Å². The van der Waals surface area contributed by atoms with Crippen LogP contribution in [-0.4, -0.2) is 29.5 Å². The van der Waals surface area contributed by atoms with Gasteiger partial charge in [-0.2, -0.15) is 0 Å². The summed E-state index contributed by atoms with van der Waals surface area (Å²) in [6.45, 7) is 3.42. The molecule has 0 aliphatic carbocycles. The Labute approximate surface area is 118 Å². The normalized spacial score (nSPS) is 18.7. The van der Waals surface area contributed by atoms with Gasteiger partial charge in [0.25, 0.3) is 0 Å². The first-order valence-corrected chi connectivity index (χ1v) is 6.66. The number of hydrogen-bond donors (Lipinski definition) is 1. The van der Waals surface area contributed by atoms with Gasteiger partial charge in [0.1, 0.15) is 10.7 Å². The van der Waals surface area contributed by atoms with E-state index >= 15 is 0 Å². The molecule has 19 heavy (non-hydrogen) atoms. The van der Waals surface area contributed by atoms with Crippen molar-refractivity contribution < 1.29 is 9.53 Å². The molecule has 1 amide bonds. The molecule has 0 bridgehead atoms. The fraction of sp³-hybridized carbons (Fsp3) is 0.429. The molecule has 1 heterocycles. The molecule has 1 aliphatic heterocycles. The number of likely N-dealkylation sites (tertiary alicyclic amines) is 1. The average molecular weight is 278 g/mol. The molecular formula is C14H18N2O2S. The topological polar surface area (TPSA) is 55.6 Å². The van der Waals surface area contributed by atoms with Crippen LogP contribution in [0.25, 0.3) is 0 Å². The number of methoxy groups -OCH3 is 1. The first-order chi connectivity index (χ1) is 9.01. The lowest BCUT2D eigenvalue weighted by Gasteiger charge is -2.18. The van der Waals surface area contributed by atoms with Crippen LogP contribution in [0.2, 0.25) is 0 Å². The molecule has 1 aliphatic rings. The third kappa shape index (κ3) is 3.04. The number of amides is 1. The van der Waals surface area contributed by atoms with E-state index in [1.54, 1.807) is 7.11 Å². The van der Waals surface area contributed by atoms with Crippen LogP contribution in [0.4, 0.5) is 0 Å². The largest absolute Gasteiger partial charge is 0.496 e. The summed E-state index contributed by atoms with van der Waals surface area (Å²) >= 11 is 4.98. The van der Waals surface area contributed by atoms with Gasteiger partial charge >= 0.3 is 0 Å². The minimum atomic E-state index is 0.190. The minimum absolute atomic E-state index is 0.190. The molecule has 1 atom stereocenters. The number of carbonyl (C=O) groups excluding carboxylic acids is 1. The Bertz CT molecular complexity index is 516. The smallest absolute Gasteiger partial charge is 0.223 e. The first kappa shape index (κ1) is 13.8. The molecule has 0 aromatic heterocycles. The van der Waals surface area contributed by atoms with E-state index in [1.165, 1.54) is 0 Å². The predicted octanol–water partition coefficient (Wildman–Crippen LogP) is 1.70. The third-order valence-electron chi connectivity index (χ3n) is 3.33. The average Bonchev–Trinajstić information content (AvgIpc) is 2.67. The zero-order chi connectivity index (χ0) is 14.0. The zero-order valence-electron chi connectivity index (χ0n) is 11.2. The van der Waals surface area contributed by atoms with E-state index in [2.05, 4.69) is 6.92 Å². The first-order valence-electron chi connectivity index (χ1n) is 6.25. The van der Waals surface area contributed by atoms with Gasteiger partial charge in [0.15, 0.2) is 0 Å². The second-order valence-electron chi connectivity index (χ2n) is 4.97. The Morgan fingerprint density at radius 2 is 2.32 bits per heavy atom. The fourth-order valence-electron chi connectivity index (χ4n) is 2.38. The van der Waals surface area contributed by atoms with E-state index in [1.807, 2.05) is 23.1 Å². The number of thiocarbonyl (C=S) groups is 1. The summed E-state index contributed by atoms with van der Waals surface area (Å²) in [4.78, 5) is 14.0. The summed E-state index contributed by atoms with van der Waals surface area (Å²) < 4.78 is 5.33. The summed E-state index contributed by atoms with van der Waals surface area (Å²) in [5.41, 5.74) is 7.38. The maximum absolute atomic E-state index is 11.8. The van der Waals surface area contributed by atoms with Crippen LogP contribution >= 0.6 is 12.2 Å². The molecule has 5 heteroatoms. The number of ether oxygens (including phenoxy) is 1. The second kappa shape index (κ2) is 5.57. The molecule has 1 saturated heterocycles. The van der Waals surface area contributed by atoms with Crippen molar-refractivity contribution >= 4 is 23.1 Å². The Kier molecular flexibility index (Phi) is 4.04. The van der Waals surface area contributed by atoms with E-state index < -0.39 is 0 Å². The van der Waals surface area contributed by atoms with Crippen molar-refractivity contribution in [3.8, 4) is 5.75 Å². The summed E-state index contributed by atoms with van der Waals surface area (Å²) in [7, 11) is 1.62. The Morgan fingerprint density at radius 1 is 1.58 bits per heavy atom. The summed E-state index contributed by atoms with van der Waals surface area (Å²) in [5.74, 6) is 1.36. The second-order valence-corrected chi connectivity index (χ2v) is 5.41. The van der Waals surface area contributed by atoms with Crippen LogP contribution in [0.15, 0.2) is 18.2 Å². The van der Waals surface area contributed by atoms with E-state index in [9.17, 15) is 4.79 Å². The van der Waals surface area contributed by atoms with Crippen LogP contribution < -0.4 is 10.5 Å². The lowest BCUT2D eigenvalue weighted by atomic mass is 10.1. The lowest BCUT2D eigenvalue weighted by Crippen LogP contribution is -2.25. The molecule has 2 N–H and O–H groups in total. The number of nitrogens with two attached hydrogens (primary N) is 1. The fourth-order valence-corrected chi connectivity index (χ4v) is 2.51. The van der Waals surface area contributed by atoms with Crippen LogP contribution in [0.5, 0.6) is 5.75 Å². The van der Waals surface area contributed by atoms with Gasteiger partial charge in [-0.05, 0) is 24.1 Å². The molecule has 1 aromatic carbocycles. The quantitative estimate of drug-likeness (QED) is 0.852. The Hall–Kier alpha value is -1.62. The van der Waals surface area contributed by atoms with Crippen LogP contribution in [0, 0.1) is 5.92 Å². The van der Waals surface area contributed by atoms with Crippen LogP contribution in [0.3, 0.4) is 0 Å². The Morgan fingerprint density at radius 3 is 2.84 bits per heavy atom. The van der Waals surface area contributed by atoms with E-state index in [0.717, 1.165) is 23.4 Å². The highest BCUT2D eigenvalue weighted by atomic mass is 32.1. The van der Waals surface area contributed by atoms with Gasteiger partial charge in [0.05, 0.1) is 7.11 Å². The SMILES string of the molecule is COc1ccc(C(N)=S)cc1CN1CC(C)CC1=O. The van der Waals surface area contributed by atoms with Crippen molar-refractivity contribution in [2.75, 3.05) is 13.7 Å². The number of carbonyl (C=O) groups is 1. The summed E-state index contributed by atoms with van der Waals surface area (Å²) in [5, 5.41) is 0. The monoisotopic (exact) mass is 278 g/mol. The maximum atomic E-state index is 11.8. The van der Waals surface area contributed by atoms with Gasteiger partial charge in [-0.3, -0.25) is 4.79 Å². The summed E-state index contributed by atoms with van der Waals surface area (Å²) in [6.07, 6.45) is 0.622. The maximum Gasteiger partial charge on any atom is 0.223 e. The molecule has 0 spiro atoms. The van der Waals surface area contributed by atoms with Gasteiger partial charge in [-0.15, -0.1) is 0 Å². The number of rotatable bonds is 4. The number of nitrogens with zero attached hydrogens (tertiary/aromatic N) is 1.